The van der Waals surface area contributed by atoms with Gasteiger partial charge in [0.25, 0.3) is 5.91 Å². The lowest BCUT2D eigenvalue weighted by atomic mass is 10.1. The Labute approximate surface area is 178 Å². The van der Waals surface area contributed by atoms with Gasteiger partial charge in [0.1, 0.15) is 10.8 Å². The largest absolute Gasteiger partial charge is 0.477 e. The average Bonchev–Trinajstić information content (AvgIpc) is 3.16. The van der Waals surface area contributed by atoms with Crippen molar-refractivity contribution >= 4 is 34.5 Å². The number of nitrogens with two attached hydrogens (primary N) is 1. The van der Waals surface area contributed by atoms with E-state index in [1.807, 2.05) is 65.7 Å². The molecule has 1 aliphatic heterocycles. The van der Waals surface area contributed by atoms with Crippen LogP contribution < -0.4 is 20.7 Å². The van der Waals surface area contributed by atoms with E-state index in [1.54, 1.807) is 0 Å². The molecule has 0 saturated carbocycles. The van der Waals surface area contributed by atoms with Crippen LogP contribution in [0.1, 0.15) is 16.3 Å². The Hall–Kier alpha value is -3.39. The first kappa shape index (κ1) is 19.9. The number of aromatic nitrogens is 1. The second kappa shape index (κ2) is 8.54. The Kier molecular flexibility index (Phi) is 5.67. The van der Waals surface area contributed by atoms with Crippen molar-refractivity contribution in [1.82, 2.24) is 4.98 Å². The topological polar surface area (TPSA) is 97.5 Å². The highest BCUT2D eigenvalue weighted by atomic mass is 32.1. The van der Waals surface area contributed by atoms with E-state index in [1.165, 1.54) is 11.3 Å². The zero-order chi connectivity index (χ0) is 21.1. The molecule has 4 rings (SSSR count). The third-order valence-corrected chi connectivity index (χ3v) is 5.68. The minimum atomic E-state index is -0.710. The molecule has 2 heterocycles. The lowest BCUT2D eigenvalue weighted by Gasteiger charge is -2.34. The molecule has 0 bridgehead atoms. The number of hydrogen-bond donors (Lipinski definition) is 2. The molecule has 1 unspecified atom stereocenters. The summed E-state index contributed by atoms with van der Waals surface area (Å²) in [4.78, 5) is 30.6. The van der Waals surface area contributed by atoms with Gasteiger partial charge in [0.15, 0.2) is 6.10 Å². The molecule has 3 aromatic rings. The minimum Gasteiger partial charge on any atom is -0.477 e. The summed E-state index contributed by atoms with van der Waals surface area (Å²) in [5.41, 5.74) is 9.09. The molecule has 0 saturated heterocycles. The van der Waals surface area contributed by atoms with Crippen LogP contribution in [-0.4, -0.2) is 29.4 Å². The summed E-state index contributed by atoms with van der Waals surface area (Å²) in [6.45, 7) is 2.86. The number of carbonyl (C=O) groups is 2. The monoisotopic (exact) mass is 422 g/mol. The summed E-state index contributed by atoms with van der Waals surface area (Å²) in [5, 5.41) is 5.56. The zero-order valence-corrected chi connectivity index (χ0v) is 17.3. The summed E-state index contributed by atoms with van der Waals surface area (Å²) in [6, 6.07) is 15.2. The van der Waals surface area contributed by atoms with Crippen molar-refractivity contribution in [3.8, 4) is 5.75 Å². The van der Waals surface area contributed by atoms with Gasteiger partial charge in [0, 0.05) is 11.1 Å². The van der Waals surface area contributed by atoms with Crippen LogP contribution in [0.5, 0.6) is 5.75 Å². The Morgan fingerprint density at radius 3 is 2.77 bits per heavy atom. The van der Waals surface area contributed by atoms with Gasteiger partial charge in [0.05, 0.1) is 30.9 Å². The maximum absolute atomic E-state index is 12.3. The number of primary amides is 1. The Bertz CT molecular complexity index is 1060. The highest BCUT2D eigenvalue weighted by Crippen LogP contribution is 2.34. The van der Waals surface area contributed by atoms with E-state index >= 15 is 0 Å². The van der Waals surface area contributed by atoms with Gasteiger partial charge in [0.2, 0.25) is 5.91 Å². The summed E-state index contributed by atoms with van der Waals surface area (Å²) in [5.74, 6) is 0.0204. The number of nitrogens with zero attached hydrogens (tertiary/aromatic N) is 2. The third kappa shape index (κ3) is 4.60. The highest BCUT2D eigenvalue weighted by molar-refractivity contribution is 7.09. The van der Waals surface area contributed by atoms with E-state index in [2.05, 4.69) is 10.3 Å². The van der Waals surface area contributed by atoms with E-state index < -0.39 is 12.0 Å². The second-order valence-corrected chi connectivity index (χ2v) is 8.12. The van der Waals surface area contributed by atoms with Crippen molar-refractivity contribution in [2.24, 2.45) is 5.73 Å². The molecule has 0 aliphatic carbocycles. The molecule has 0 fully saturated rings. The molecule has 1 atom stereocenters. The molecule has 7 nitrogen and oxygen atoms in total. The number of anilines is 2. The second-order valence-electron chi connectivity index (χ2n) is 7.18. The van der Waals surface area contributed by atoms with E-state index in [4.69, 9.17) is 10.5 Å². The van der Waals surface area contributed by atoms with E-state index in [0.29, 0.717) is 18.8 Å². The maximum Gasteiger partial charge on any atom is 0.260 e. The van der Waals surface area contributed by atoms with Crippen LogP contribution in [0.25, 0.3) is 0 Å². The fourth-order valence-corrected chi connectivity index (χ4v) is 4.07. The van der Waals surface area contributed by atoms with Crippen molar-refractivity contribution in [3.63, 3.8) is 0 Å². The number of benzene rings is 2. The molecule has 1 aliphatic rings. The highest BCUT2D eigenvalue weighted by Gasteiger charge is 2.29. The standard InChI is InChI=1S/C22H22N4O3S/c1-14-6-8-15(9-7-14)24-20(27)10-21-25-16(13-30-21)11-26-12-19(22(23)28)29-18-5-3-2-4-17(18)26/h2-9,13,19H,10-12H2,1H3,(H2,23,28)(H,24,27). The minimum absolute atomic E-state index is 0.106. The van der Waals surface area contributed by atoms with Gasteiger partial charge in [-0.2, -0.15) is 0 Å². The number of amides is 2. The van der Waals surface area contributed by atoms with Gasteiger partial charge in [-0.1, -0.05) is 29.8 Å². The van der Waals surface area contributed by atoms with Gasteiger partial charge in [-0.05, 0) is 31.2 Å². The summed E-state index contributed by atoms with van der Waals surface area (Å²) >= 11 is 1.45. The molecule has 154 valence electrons. The fraction of sp³-hybridized carbons (Fsp3) is 0.227. The van der Waals surface area contributed by atoms with Crippen LogP contribution in [0.4, 0.5) is 11.4 Å². The molecule has 0 radical (unpaired) electrons. The van der Waals surface area contributed by atoms with Crippen molar-refractivity contribution in [2.75, 3.05) is 16.8 Å². The summed E-state index contributed by atoms with van der Waals surface area (Å²) < 4.78 is 5.70. The molecule has 2 aromatic carbocycles. The third-order valence-electron chi connectivity index (χ3n) is 4.78. The van der Waals surface area contributed by atoms with Crippen LogP contribution in [0.2, 0.25) is 0 Å². The number of hydrogen-bond acceptors (Lipinski definition) is 6. The van der Waals surface area contributed by atoms with Crippen LogP contribution in [-0.2, 0) is 22.6 Å². The molecule has 0 spiro atoms. The number of aryl methyl sites for hydroxylation is 1. The number of ether oxygens (including phenoxy) is 1. The Morgan fingerprint density at radius 2 is 2.00 bits per heavy atom. The normalized spacial score (nSPS) is 15.2. The summed E-state index contributed by atoms with van der Waals surface area (Å²) in [7, 11) is 0. The number of fused-ring (bicyclic) bond motifs is 1. The molecule has 30 heavy (non-hydrogen) atoms. The van der Waals surface area contributed by atoms with Gasteiger partial charge >= 0.3 is 0 Å². The zero-order valence-electron chi connectivity index (χ0n) is 16.5. The van der Waals surface area contributed by atoms with Crippen molar-refractivity contribution in [2.45, 2.75) is 26.0 Å². The number of carbonyl (C=O) groups excluding carboxylic acids is 2. The van der Waals surface area contributed by atoms with Crippen molar-refractivity contribution < 1.29 is 14.3 Å². The number of thiazole rings is 1. The molecule has 3 N–H and O–H groups in total. The molecule has 2 amide bonds. The molecule has 1 aromatic heterocycles. The lowest BCUT2D eigenvalue weighted by molar-refractivity contribution is -0.124. The van der Waals surface area contributed by atoms with Gasteiger partial charge in [-0.3, -0.25) is 9.59 Å². The first-order valence-corrected chi connectivity index (χ1v) is 10.5. The number of para-hydroxylation sites is 2. The van der Waals surface area contributed by atoms with Crippen molar-refractivity contribution in [3.05, 3.63) is 70.2 Å². The Morgan fingerprint density at radius 1 is 1.23 bits per heavy atom. The van der Waals surface area contributed by atoms with Crippen LogP contribution in [0.15, 0.2) is 53.9 Å². The molecular weight excluding hydrogens is 400 g/mol. The SMILES string of the molecule is Cc1ccc(NC(=O)Cc2nc(CN3CC(C(N)=O)Oc4ccccc43)cs2)cc1. The van der Waals surface area contributed by atoms with E-state index in [0.717, 1.165) is 27.6 Å². The van der Waals surface area contributed by atoms with E-state index in [-0.39, 0.29) is 12.3 Å². The van der Waals surface area contributed by atoms with Crippen LogP contribution >= 0.6 is 11.3 Å². The lowest BCUT2D eigenvalue weighted by Crippen LogP contribution is -2.47. The first-order chi connectivity index (χ1) is 14.5. The van der Waals surface area contributed by atoms with Crippen LogP contribution in [0, 0.1) is 6.92 Å². The predicted molar refractivity (Wildman–Crippen MR) is 117 cm³/mol. The van der Waals surface area contributed by atoms with E-state index in [9.17, 15) is 9.59 Å². The molecule has 8 heteroatoms. The fourth-order valence-electron chi connectivity index (χ4n) is 3.28. The van der Waals surface area contributed by atoms with Crippen LogP contribution in [0.3, 0.4) is 0 Å². The summed E-state index contributed by atoms with van der Waals surface area (Å²) in [6.07, 6.45) is -0.499. The Balaban J connectivity index is 1.42. The number of rotatable bonds is 6. The average molecular weight is 423 g/mol. The number of nitrogens with one attached hydrogen (secondary N) is 1. The van der Waals surface area contributed by atoms with Gasteiger partial charge in [-0.25, -0.2) is 4.98 Å². The molecular formula is C22H22N4O3S. The maximum atomic E-state index is 12.3. The predicted octanol–water partition coefficient (Wildman–Crippen LogP) is 2.89. The quantitative estimate of drug-likeness (QED) is 0.637. The van der Waals surface area contributed by atoms with Gasteiger partial charge in [-0.15, -0.1) is 11.3 Å². The van der Waals surface area contributed by atoms with Gasteiger partial charge < -0.3 is 20.7 Å². The van der Waals surface area contributed by atoms with Crippen molar-refractivity contribution in [1.29, 1.82) is 0 Å². The first-order valence-electron chi connectivity index (χ1n) is 9.57. The smallest absolute Gasteiger partial charge is 0.260 e.